The fourth-order valence-electron chi connectivity index (χ4n) is 1.89. The van der Waals surface area contributed by atoms with Crippen molar-refractivity contribution in [2.75, 3.05) is 0 Å². The summed E-state index contributed by atoms with van der Waals surface area (Å²) in [6.07, 6.45) is 3.57. The molecule has 1 N–H and O–H groups in total. The van der Waals surface area contributed by atoms with E-state index in [4.69, 9.17) is 4.74 Å². The van der Waals surface area contributed by atoms with Crippen LogP contribution in [0.4, 0.5) is 0 Å². The van der Waals surface area contributed by atoms with Gasteiger partial charge in [-0.25, -0.2) is 0 Å². The van der Waals surface area contributed by atoms with Crippen LogP contribution in [0.3, 0.4) is 0 Å². The highest BCUT2D eigenvalue weighted by molar-refractivity contribution is 5.81. The highest BCUT2D eigenvalue weighted by Gasteiger charge is 2.35. The lowest BCUT2D eigenvalue weighted by Gasteiger charge is -2.15. The van der Waals surface area contributed by atoms with Crippen LogP contribution in [0, 0.1) is 5.92 Å². The average Bonchev–Trinajstić information content (AvgIpc) is 2.81. The first-order chi connectivity index (χ1) is 6.16. The summed E-state index contributed by atoms with van der Waals surface area (Å²) in [5, 5.41) is 3.06. The normalized spacial score (nSPS) is 39.1. The van der Waals surface area contributed by atoms with E-state index in [0.717, 1.165) is 19.3 Å². The van der Waals surface area contributed by atoms with E-state index in [-0.39, 0.29) is 18.1 Å². The Labute approximate surface area is 78.8 Å². The van der Waals surface area contributed by atoms with Crippen LogP contribution in [0.1, 0.15) is 33.1 Å². The van der Waals surface area contributed by atoms with Crippen molar-refractivity contribution in [3.63, 3.8) is 0 Å². The summed E-state index contributed by atoms with van der Waals surface area (Å²) in [5.74, 6) is 0.539. The van der Waals surface area contributed by atoms with Gasteiger partial charge in [0.25, 0.3) is 0 Å². The lowest BCUT2D eigenvalue weighted by Crippen LogP contribution is -2.39. The molecule has 13 heavy (non-hydrogen) atoms. The first-order valence-corrected chi connectivity index (χ1v) is 5.12. The lowest BCUT2D eigenvalue weighted by molar-refractivity contribution is -0.123. The zero-order valence-corrected chi connectivity index (χ0v) is 8.25. The van der Waals surface area contributed by atoms with Crippen LogP contribution >= 0.6 is 0 Å². The Hall–Kier alpha value is -0.570. The minimum atomic E-state index is 0.178. The summed E-state index contributed by atoms with van der Waals surface area (Å²) < 4.78 is 5.56. The number of carbonyl (C=O) groups excluding carboxylic acids is 1. The molecule has 0 aromatic heterocycles. The molecular weight excluding hydrogens is 166 g/mol. The molecule has 1 saturated heterocycles. The van der Waals surface area contributed by atoms with E-state index >= 15 is 0 Å². The summed E-state index contributed by atoms with van der Waals surface area (Å²) in [6.45, 7) is 4.08. The van der Waals surface area contributed by atoms with Crippen LogP contribution in [0.5, 0.6) is 0 Å². The van der Waals surface area contributed by atoms with Crippen LogP contribution in [-0.2, 0) is 9.53 Å². The Bertz CT molecular complexity index is 213. The van der Waals surface area contributed by atoms with E-state index in [2.05, 4.69) is 12.2 Å². The number of amides is 1. The third-order valence-electron chi connectivity index (χ3n) is 2.88. The van der Waals surface area contributed by atoms with Gasteiger partial charge in [0.2, 0.25) is 5.91 Å². The van der Waals surface area contributed by atoms with E-state index in [1.54, 1.807) is 0 Å². The summed E-state index contributed by atoms with van der Waals surface area (Å²) in [4.78, 5) is 11.4. The molecule has 1 amide bonds. The number of rotatable bonds is 2. The smallest absolute Gasteiger partial charge is 0.223 e. The van der Waals surface area contributed by atoms with Crippen LogP contribution in [0.25, 0.3) is 0 Å². The van der Waals surface area contributed by atoms with Crippen LogP contribution in [0.2, 0.25) is 0 Å². The molecule has 1 heterocycles. The molecule has 0 spiro atoms. The fourth-order valence-corrected chi connectivity index (χ4v) is 1.89. The molecule has 0 radical (unpaired) electrons. The third kappa shape index (κ3) is 2.02. The van der Waals surface area contributed by atoms with Gasteiger partial charge in [-0.1, -0.05) is 0 Å². The van der Waals surface area contributed by atoms with Crippen molar-refractivity contribution in [1.82, 2.24) is 5.32 Å². The molecule has 1 aliphatic carbocycles. The molecule has 3 nitrogen and oxygen atoms in total. The molecule has 0 aromatic rings. The molecule has 1 saturated carbocycles. The number of hydrogen-bond donors (Lipinski definition) is 1. The second-order valence-corrected chi connectivity index (χ2v) is 4.28. The van der Waals surface area contributed by atoms with Gasteiger partial charge in [-0.3, -0.25) is 4.79 Å². The van der Waals surface area contributed by atoms with Crippen LogP contribution in [0.15, 0.2) is 0 Å². The molecule has 1 aliphatic heterocycles. The van der Waals surface area contributed by atoms with Crippen molar-refractivity contribution < 1.29 is 9.53 Å². The Morgan fingerprint density at radius 1 is 1.38 bits per heavy atom. The van der Waals surface area contributed by atoms with Crippen molar-refractivity contribution in [2.24, 2.45) is 5.92 Å². The van der Waals surface area contributed by atoms with Gasteiger partial charge >= 0.3 is 0 Å². The molecule has 0 bridgehead atoms. The van der Waals surface area contributed by atoms with Crippen molar-refractivity contribution in [2.45, 2.75) is 51.4 Å². The first kappa shape index (κ1) is 9.00. The van der Waals surface area contributed by atoms with Gasteiger partial charge in [0.05, 0.1) is 18.2 Å². The van der Waals surface area contributed by atoms with Gasteiger partial charge in [-0.2, -0.15) is 0 Å². The number of nitrogens with one attached hydrogen (secondary N) is 1. The molecule has 2 aliphatic rings. The van der Waals surface area contributed by atoms with Gasteiger partial charge in [0.15, 0.2) is 0 Å². The van der Waals surface area contributed by atoms with Gasteiger partial charge < -0.3 is 10.1 Å². The Kier molecular flexibility index (Phi) is 2.28. The Balaban J connectivity index is 1.83. The maximum absolute atomic E-state index is 11.4. The molecule has 2 fully saturated rings. The maximum Gasteiger partial charge on any atom is 0.223 e. The van der Waals surface area contributed by atoms with Gasteiger partial charge in [0, 0.05) is 5.92 Å². The molecular formula is C10H17NO2. The summed E-state index contributed by atoms with van der Waals surface area (Å²) in [5.41, 5.74) is 0. The highest BCUT2D eigenvalue weighted by atomic mass is 16.5. The number of ether oxygens (including phenoxy) is 1. The largest absolute Gasteiger partial charge is 0.373 e. The first-order valence-electron chi connectivity index (χ1n) is 5.12. The predicted octanol–water partition coefficient (Wildman–Crippen LogP) is 1.08. The minimum absolute atomic E-state index is 0.178. The number of hydrogen-bond acceptors (Lipinski definition) is 2. The Morgan fingerprint density at radius 3 is 2.54 bits per heavy atom. The third-order valence-corrected chi connectivity index (χ3v) is 2.88. The SMILES string of the molecule is CC1CC(NC(=O)C2CC2)C(C)O1. The number of carbonyl (C=O) groups is 1. The predicted molar refractivity (Wildman–Crippen MR) is 49.3 cm³/mol. The van der Waals surface area contributed by atoms with E-state index in [1.807, 2.05) is 6.92 Å². The summed E-state index contributed by atoms with van der Waals surface area (Å²) in [7, 11) is 0. The van der Waals surface area contributed by atoms with Crippen molar-refractivity contribution in [3.8, 4) is 0 Å². The standard InChI is InChI=1S/C10H17NO2/c1-6-5-9(7(2)13-6)11-10(12)8-3-4-8/h6-9H,3-5H2,1-2H3,(H,11,12). The monoisotopic (exact) mass is 183 g/mol. The van der Waals surface area contributed by atoms with E-state index < -0.39 is 0 Å². The Morgan fingerprint density at radius 2 is 2.08 bits per heavy atom. The second kappa shape index (κ2) is 3.29. The minimum Gasteiger partial charge on any atom is -0.373 e. The van der Waals surface area contributed by atoms with Gasteiger partial charge in [-0.15, -0.1) is 0 Å². The average molecular weight is 183 g/mol. The molecule has 3 unspecified atom stereocenters. The van der Waals surface area contributed by atoms with E-state index in [1.165, 1.54) is 0 Å². The van der Waals surface area contributed by atoms with Gasteiger partial charge in [0.1, 0.15) is 0 Å². The zero-order valence-electron chi connectivity index (χ0n) is 8.25. The van der Waals surface area contributed by atoms with Crippen molar-refractivity contribution >= 4 is 5.91 Å². The second-order valence-electron chi connectivity index (χ2n) is 4.28. The molecule has 3 atom stereocenters. The summed E-state index contributed by atoms with van der Waals surface area (Å²) in [6, 6.07) is 0.239. The van der Waals surface area contributed by atoms with E-state index in [9.17, 15) is 4.79 Å². The molecule has 2 rings (SSSR count). The molecule has 3 heteroatoms. The van der Waals surface area contributed by atoms with Crippen LogP contribution < -0.4 is 5.32 Å². The topological polar surface area (TPSA) is 38.3 Å². The zero-order chi connectivity index (χ0) is 9.42. The summed E-state index contributed by atoms with van der Waals surface area (Å²) >= 11 is 0. The lowest BCUT2D eigenvalue weighted by atomic mass is 10.1. The highest BCUT2D eigenvalue weighted by Crippen LogP contribution is 2.30. The van der Waals surface area contributed by atoms with Crippen LogP contribution in [-0.4, -0.2) is 24.2 Å². The maximum atomic E-state index is 11.4. The van der Waals surface area contributed by atoms with Crippen molar-refractivity contribution in [1.29, 1.82) is 0 Å². The van der Waals surface area contributed by atoms with Crippen molar-refractivity contribution in [3.05, 3.63) is 0 Å². The molecule has 74 valence electrons. The fraction of sp³-hybridized carbons (Fsp3) is 0.900. The molecule has 0 aromatic carbocycles. The van der Waals surface area contributed by atoms with Gasteiger partial charge in [-0.05, 0) is 33.1 Å². The van der Waals surface area contributed by atoms with E-state index in [0.29, 0.717) is 12.0 Å². The quantitative estimate of drug-likeness (QED) is 0.695.